The molecule has 2 heterocycles. The maximum absolute atomic E-state index is 12.9. The van der Waals surface area contributed by atoms with Crippen molar-refractivity contribution in [2.45, 2.75) is 12.2 Å². The first-order valence-corrected chi connectivity index (χ1v) is 8.09. The first-order chi connectivity index (χ1) is 12.4. The molecule has 1 amide bonds. The Labute approximate surface area is 148 Å². The lowest BCUT2D eigenvalue weighted by molar-refractivity contribution is -0.141. The highest BCUT2D eigenvalue weighted by atomic mass is 19.4. The highest BCUT2D eigenvalue weighted by Crippen LogP contribution is 2.32. The fraction of sp³-hybridized carbons (Fsp3) is 0.333. The van der Waals surface area contributed by atoms with E-state index >= 15 is 0 Å². The number of alkyl halides is 3. The van der Waals surface area contributed by atoms with Gasteiger partial charge in [-0.1, -0.05) is 18.2 Å². The molecule has 1 aliphatic rings. The molecule has 1 aromatic carbocycles. The minimum absolute atomic E-state index is 0.125. The molecule has 138 valence electrons. The molecule has 1 unspecified atom stereocenters. The van der Waals surface area contributed by atoms with E-state index in [1.807, 2.05) is 24.3 Å². The van der Waals surface area contributed by atoms with Crippen LogP contribution in [0.4, 0.5) is 13.2 Å². The number of methoxy groups -OCH3 is 1. The summed E-state index contributed by atoms with van der Waals surface area (Å²) in [7, 11) is 1.56. The van der Waals surface area contributed by atoms with Crippen molar-refractivity contribution in [2.75, 3.05) is 26.7 Å². The Bertz CT molecular complexity index is 778. The maximum atomic E-state index is 12.9. The molecule has 5 nitrogen and oxygen atoms in total. The predicted molar refractivity (Wildman–Crippen MR) is 88.9 cm³/mol. The van der Waals surface area contributed by atoms with Crippen LogP contribution in [0.3, 0.4) is 0 Å². The average Bonchev–Trinajstić information content (AvgIpc) is 2.67. The summed E-state index contributed by atoms with van der Waals surface area (Å²) in [4.78, 5) is 17.9. The molecule has 1 aliphatic heterocycles. The van der Waals surface area contributed by atoms with E-state index in [1.54, 1.807) is 12.0 Å². The number of carbonyl (C=O) groups excluding carboxylic acids is 1. The third-order valence-corrected chi connectivity index (χ3v) is 4.30. The van der Waals surface area contributed by atoms with Gasteiger partial charge in [0.15, 0.2) is 0 Å². The van der Waals surface area contributed by atoms with E-state index < -0.39 is 11.9 Å². The molecular weight excluding hydrogens is 347 g/mol. The number of hydrogen-bond donors (Lipinski definition) is 1. The number of nitrogens with one attached hydrogen (secondary N) is 1. The summed E-state index contributed by atoms with van der Waals surface area (Å²) in [6.07, 6.45) is -3.55. The van der Waals surface area contributed by atoms with Gasteiger partial charge in [0.05, 0.1) is 18.7 Å². The number of nitrogens with zero attached hydrogens (tertiary/aromatic N) is 2. The van der Waals surface area contributed by atoms with Gasteiger partial charge in [0.25, 0.3) is 5.91 Å². The Morgan fingerprint density at radius 3 is 2.69 bits per heavy atom. The van der Waals surface area contributed by atoms with Crippen LogP contribution in [0.25, 0.3) is 0 Å². The SMILES string of the molecule is COc1ccccc1C1CNCCN1C(=O)c1ccc(C(F)(F)F)nc1. The summed E-state index contributed by atoms with van der Waals surface area (Å²) in [5, 5.41) is 3.24. The van der Waals surface area contributed by atoms with Gasteiger partial charge in [0.1, 0.15) is 11.4 Å². The molecule has 0 bridgehead atoms. The molecule has 1 atom stereocenters. The van der Waals surface area contributed by atoms with Gasteiger partial charge >= 0.3 is 6.18 Å². The Kier molecular flexibility index (Phi) is 5.13. The van der Waals surface area contributed by atoms with Gasteiger partial charge in [0, 0.05) is 31.4 Å². The van der Waals surface area contributed by atoms with Gasteiger partial charge < -0.3 is 15.0 Å². The van der Waals surface area contributed by atoms with Crippen LogP contribution in [0.2, 0.25) is 0 Å². The Morgan fingerprint density at radius 1 is 1.27 bits per heavy atom. The Hall–Kier alpha value is -2.61. The number of amides is 1. The molecule has 3 rings (SSSR count). The van der Waals surface area contributed by atoms with Crippen LogP contribution in [-0.4, -0.2) is 42.5 Å². The second-order valence-electron chi connectivity index (χ2n) is 5.89. The molecule has 26 heavy (non-hydrogen) atoms. The zero-order chi connectivity index (χ0) is 18.7. The van der Waals surface area contributed by atoms with Crippen LogP contribution in [0.1, 0.15) is 27.7 Å². The highest BCUT2D eigenvalue weighted by Gasteiger charge is 2.34. The number of piperazine rings is 1. The topological polar surface area (TPSA) is 54.5 Å². The number of pyridine rings is 1. The fourth-order valence-electron chi connectivity index (χ4n) is 3.02. The highest BCUT2D eigenvalue weighted by molar-refractivity contribution is 5.94. The van der Waals surface area contributed by atoms with Gasteiger partial charge in [-0.25, -0.2) is 0 Å². The molecule has 1 saturated heterocycles. The van der Waals surface area contributed by atoms with E-state index in [2.05, 4.69) is 10.3 Å². The molecule has 1 aromatic heterocycles. The fourth-order valence-corrected chi connectivity index (χ4v) is 3.02. The number of rotatable bonds is 3. The van der Waals surface area contributed by atoms with E-state index in [0.717, 1.165) is 17.8 Å². The van der Waals surface area contributed by atoms with Gasteiger partial charge in [-0.05, 0) is 18.2 Å². The lowest BCUT2D eigenvalue weighted by atomic mass is 10.0. The van der Waals surface area contributed by atoms with Crippen molar-refractivity contribution < 1.29 is 22.7 Å². The summed E-state index contributed by atoms with van der Waals surface area (Å²) in [5.74, 6) is 0.299. The first-order valence-electron chi connectivity index (χ1n) is 8.09. The standard InChI is InChI=1S/C18H18F3N3O2/c1-26-15-5-3-2-4-13(15)14-11-22-8-9-24(14)17(25)12-6-7-16(23-10-12)18(19,20)21/h2-7,10,14,22H,8-9,11H2,1H3. The molecular formula is C18H18F3N3O2. The van der Waals surface area contributed by atoms with Crippen molar-refractivity contribution in [3.05, 3.63) is 59.4 Å². The number of halogens is 3. The molecule has 0 aliphatic carbocycles. The van der Waals surface area contributed by atoms with Crippen molar-refractivity contribution in [3.63, 3.8) is 0 Å². The number of hydrogen-bond acceptors (Lipinski definition) is 4. The number of para-hydroxylation sites is 1. The van der Waals surface area contributed by atoms with Crippen molar-refractivity contribution >= 4 is 5.91 Å². The normalized spacial score (nSPS) is 17.8. The summed E-state index contributed by atoms with van der Waals surface area (Å²) < 4.78 is 43.4. The van der Waals surface area contributed by atoms with E-state index in [0.29, 0.717) is 25.4 Å². The van der Waals surface area contributed by atoms with E-state index in [4.69, 9.17) is 4.74 Å². The molecule has 0 spiro atoms. The first kappa shape index (κ1) is 18.2. The minimum atomic E-state index is -4.53. The molecule has 1 fully saturated rings. The van der Waals surface area contributed by atoms with Gasteiger partial charge in [-0.2, -0.15) is 13.2 Å². The molecule has 0 saturated carbocycles. The maximum Gasteiger partial charge on any atom is 0.433 e. The van der Waals surface area contributed by atoms with E-state index in [-0.39, 0.29) is 17.5 Å². The van der Waals surface area contributed by atoms with Crippen molar-refractivity contribution in [2.24, 2.45) is 0 Å². The van der Waals surface area contributed by atoms with Gasteiger partial charge in [-0.3, -0.25) is 9.78 Å². The lowest BCUT2D eigenvalue weighted by Gasteiger charge is -2.37. The molecule has 8 heteroatoms. The number of carbonyl (C=O) groups is 1. The van der Waals surface area contributed by atoms with Crippen molar-refractivity contribution in [1.82, 2.24) is 15.2 Å². The monoisotopic (exact) mass is 365 g/mol. The molecule has 1 N–H and O–H groups in total. The zero-order valence-electron chi connectivity index (χ0n) is 14.1. The summed E-state index contributed by atoms with van der Waals surface area (Å²) in [5.41, 5.74) is -0.0501. The summed E-state index contributed by atoms with van der Waals surface area (Å²) in [6, 6.07) is 9.09. The number of ether oxygens (including phenoxy) is 1. The van der Waals surface area contributed by atoms with Crippen LogP contribution in [0.15, 0.2) is 42.6 Å². The van der Waals surface area contributed by atoms with Crippen LogP contribution < -0.4 is 10.1 Å². The minimum Gasteiger partial charge on any atom is -0.496 e. The second-order valence-corrected chi connectivity index (χ2v) is 5.89. The predicted octanol–water partition coefficient (Wildman–Crippen LogP) is 2.90. The second kappa shape index (κ2) is 7.33. The van der Waals surface area contributed by atoms with E-state index in [9.17, 15) is 18.0 Å². The van der Waals surface area contributed by atoms with Gasteiger partial charge in [-0.15, -0.1) is 0 Å². The lowest BCUT2D eigenvalue weighted by Crippen LogP contribution is -2.48. The number of aromatic nitrogens is 1. The van der Waals surface area contributed by atoms with Crippen molar-refractivity contribution in [3.8, 4) is 5.75 Å². The third-order valence-electron chi connectivity index (χ3n) is 4.30. The van der Waals surface area contributed by atoms with Crippen LogP contribution >= 0.6 is 0 Å². The van der Waals surface area contributed by atoms with Crippen LogP contribution in [0.5, 0.6) is 5.75 Å². The van der Waals surface area contributed by atoms with Crippen LogP contribution in [0, 0.1) is 0 Å². The van der Waals surface area contributed by atoms with Gasteiger partial charge in [0.2, 0.25) is 0 Å². The summed E-state index contributed by atoms with van der Waals surface area (Å²) in [6.45, 7) is 1.56. The van der Waals surface area contributed by atoms with Crippen LogP contribution in [-0.2, 0) is 6.18 Å². The van der Waals surface area contributed by atoms with E-state index in [1.165, 1.54) is 6.07 Å². The molecule has 2 aromatic rings. The largest absolute Gasteiger partial charge is 0.496 e. The number of benzene rings is 1. The quantitative estimate of drug-likeness (QED) is 0.909. The van der Waals surface area contributed by atoms with Crippen molar-refractivity contribution in [1.29, 1.82) is 0 Å². The summed E-state index contributed by atoms with van der Waals surface area (Å²) >= 11 is 0. The average molecular weight is 365 g/mol. The smallest absolute Gasteiger partial charge is 0.433 e. The Morgan fingerprint density at radius 2 is 2.04 bits per heavy atom. The zero-order valence-corrected chi connectivity index (χ0v) is 14.1. The molecule has 0 radical (unpaired) electrons. The third kappa shape index (κ3) is 3.65. The Balaban J connectivity index is 1.89.